The average molecular weight is 204 g/mol. The average Bonchev–Trinajstić information content (AvgIpc) is 2.60. The molecular weight excluding hydrogens is 192 g/mol. The highest BCUT2D eigenvalue weighted by Crippen LogP contribution is 2.30. The fourth-order valence-electron chi connectivity index (χ4n) is 1.35. The molecule has 1 aromatic heterocycles. The molecule has 0 amide bonds. The smallest absolute Gasteiger partial charge is 0.190 e. The normalized spacial score (nSPS) is 10.3. The number of hydrogen-bond acceptors (Lipinski definition) is 4. The van der Waals surface area contributed by atoms with E-state index in [0.29, 0.717) is 17.1 Å². The molecule has 78 valence electrons. The van der Waals surface area contributed by atoms with Crippen molar-refractivity contribution in [1.29, 1.82) is 0 Å². The molecule has 4 heteroatoms. The zero-order valence-corrected chi connectivity index (χ0v) is 8.65. The van der Waals surface area contributed by atoms with Gasteiger partial charge >= 0.3 is 0 Å². The number of rotatable bonds is 2. The predicted molar refractivity (Wildman–Crippen MR) is 57.6 cm³/mol. The maximum Gasteiger partial charge on any atom is 0.190 e. The van der Waals surface area contributed by atoms with Crippen molar-refractivity contribution in [1.82, 2.24) is 5.16 Å². The van der Waals surface area contributed by atoms with Crippen LogP contribution in [0.2, 0.25) is 0 Å². The summed E-state index contributed by atoms with van der Waals surface area (Å²) in [5.74, 6) is 1.35. The third-order valence-corrected chi connectivity index (χ3v) is 2.24. The van der Waals surface area contributed by atoms with Crippen molar-refractivity contribution >= 4 is 5.69 Å². The Morgan fingerprint density at radius 3 is 2.80 bits per heavy atom. The van der Waals surface area contributed by atoms with Crippen LogP contribution in [0.25, 0.3) is 11.3 Å². The minimum Gasteiger partial charge on any atom is -0.497 e. The quantitative estimate of drug-likeness (QED) is 0.814. The molecule has 0 saturated heterocycles. The van der Waals surface area contributed by atoms with Crippen LogP contribution in [0, 0.1) is 6.92 Å². The monoisotopic (exact) mass is 204 g/mol. The van der Waals surface area contributed by atoms with Crippen LogP contribution in [0.15, 0.2) is 28.8 Å². The standard InChI is InChI=1S/C11H12N2O2/c1-7-10(12)11(15-13-7)8-4-3-5-9(6-8)14-2/h3-6H,12H2,1-2H3. The maximum absolute atomic E-state index is 5.83. The molecule has 2 rings (SSSR count). The summed E-state index contributed by atoms with van der Waals surface area (Å²) >= 11 is 0. The molecule has 0 saturated carbocycles. The number of anilines is 1. The van der Waals surface area contributed by atoms with Crippen LogP contribution in [-0.2, 0) is 0 Å². The molecule has 0 fully saturated rings. The van der Waals surface area contributed by atoms with Gasteiger partial charge in [-0.05, 0) is 19.1 Å². The number of nitrogen functional groups attached to an aromatic ring is 1. The molecule has 0 atom stereocenters. The zero-order valence-electron chi connectivity index (χ0n) is 8.65. The summed E-state index contributed by atoms with van der Waals surface area (Å²) in [7, 11) is 1.62. The second kappa shape index (κ2) is 3.65. The summed E-state index contributed by atoms with van der Waals surface area (Å²) in [6.07, 6.45) is 0. The van der Waals surface area contributed by atoms with Crippen molar-refractivity contribution in [2.45, 2.75) is 6.92 Å². The minimum absolute atomic E-state index is 0.572. The SMILES string of the molecule is COc1cccc(-c2onc(C)c2N)c1. The fourth-order valence-corrected chi connectivity index (χ4v) is 1.35. The number of nitrogens with two attached hydrogens (primary N) is 1. The van der Waals surface area contributed by atoms with Crippen molar-refractivity contribution < 1.29 is 9.26 Å². The topological polar surface area (TPSA) is 61.3 Å². The van der Waals surface area contributed by atoms with Crippen LogP contribution in [0.4, 0.5) is 5.69 Å². The third-order valence-electron chi connectivity index (χ3n) is 2.24. The van der Waals surface area contributed by atoms with Gasteiger partial charge in [0.2, 0.25) is 0 Å². The van der Waals surface area contributed by atoms with Crippen LogP contribution >= 0.6 is 0 Å². The van der Waals surface area contributed by atoms with Crippen molar-refractivity contribution in [2.75, 3.05) is 12.8 Å². The summed E-state index contributed by atoms with van der Waals surface area (Å²) in [5, 5.41) is 3.81. The lowest BCUT2D eigenvalue weighted by molar-refractivity contribution is 0.413. The Bertz CT molecular complexity index is 477. The van der Waals surface area contributed by atoms with E-state index >= 15 is 0 Å². The summed E-state index contributed by atoms with van der Waals surface area (Å²) in [6.45, 7) is 1.81. The highest BCUT2D eigenvalue weighted by molar-refractivity contribution is 5.72. The van der Waals surface area contributed by atoms with Gasteiger partial charge in [-0.3, -0.25) is 0 Å². The van der Waals surface area contributed by atoms with Crippen molar-refractivity contribution in [2.24, 2.45) is 0 Å². The van der Waals surface area contributed by atoms with Gasteiger partial charge in [0.05, 0.1) is 7.11 Å². The van der Waals surface area contributed by atoms with E-state index in [-0.39, 0.29) is 0 Å². The largest absolute Gasteiger partial charge is 0.497 e. The van der Waals surface area contributed by atoms with E-state index in [2.05, 4.69) is 5.16 Å². The molecule has 2 N–H and O–H groups in total. The van der Waals surface area contributed by atoms with Crippen molar-refractivity contribution in [3.8, 4) is 17.1 Å². The molecule has 1 aromatic carbocycles. The van der Waals surface area contributed by atoms with Crippen molar-refractivity contribution in [3.63, 3.8) is 0 Å². The van der Waals surface area contributed by atoms with Crippen LogP contribution < -0.4 is 10.5 Å². The highest BCUT2D eigenvalue weighted by atomic mass is 16.5. The van der Waals surface area contributed by atoms with Crippen LogP contribution in [0.5, 0.6) is 5.75 Å². The summed E-state index contributed by atoms with van der Waals surface area (Å²) in [5.41, 5.74) is 7.97. The predicted octanol–water partition coefficient (Wildman–Crippen LogP) is 2.24. The first kappa shape index (κ1) is 9.58. The lowest BCUT2D eigenvalue weighted by Crippen LogP contribution is -1.88. The number of nitrogens with zero attached hydrogens (tertiary/aromatic N) is 1. The first-order chi connectivity index (χ1) is 7.22. The second-order valence-corrected chi connectivity index (χ2v) is 3.24. The number of aryl methyl sites for hydroxylation is 1. The van der Waals surface area contributed by atoms with E-state index in [1.165, 1.54) is 0 Å². The number of methoxy groups -OCH3 is 1. The van der Waals surface area contributed by atoms with E-state index in [1.807, 2.05) is 31.2 Å². The molecule has 15 heavy (non-hydrogen) atoms. The van der Waals surface area contributed by atoms with Crippen LogP contribution in [0.1, 0.15) is 5.69 Å². The van der Waals surface area contributed by atoms with E-state index in [0.717, 1.165) is 11.3 Å². The number of hydrogen-bond donors (Lipinski definition) is 1. The van der Waals surface area contributed by atoms with E-state index in [9.17, 15) is 0 Å². The van der Waals surface area contributed by atoms with Gasteiger partial charge in [-0.25, -0.2) is 0 Å². The second-order valence-electron chi connectivity index (χ2n) is 3.24. The van der Waals surface area contributed by atoms with Crippen LogP contribution in [0.3, 0.4) is 0 Å². The Labute approximate surface area is 87.6 Å². The zero-order chi connectivity index (χ0) is 10.8. The van der Waals surface area contributed by atoms with Gasteiger partial charge in [0.1, 0.15) is 17.1 Å². The molecular formula is C11H12N2O2. The summed E-state index contributed by atoms with van der Waals surface area (Å²) in [6, 6.07) is 7.50. The Kier molecular flexibility index (Phi) is 2.33. The van der Waals surface area contributed by atoms with E-state index < -0.39 is 0 Å². The Morgan fingerprint density at radius 1 is 1.40 bits per heavy atom. The Morgan fingerprint density at radius 2 is 2.20 bits per heavy atom. The lowest BCUT2D eigenvalue weighted by atomic mass is 10.1. The van der Waals surface area contributed by atoms with Gasteiger partial charge in [-0.1, -0.05) is 17.3 Å². The molecule has 2 aromatic rings. The first-order valence-electron chi connectivity index (χ1n) is 4.58. The molecule has 0 aliphatic rings. The molecule has 0 bridgehead atoms. The Balaban J connectivity index is 2.49. The van der Waals surface area contributed by atoms with Gasteiger partial charge in [0.25, 0.3) is 0 Å². The Hall–Kier alpha value is -1.97. The summed E-state index contributed by atoms with van der Waals surface area (Å²) in [4.78, 5) is 0. The molecule has 1 heterocycles. The van der Waals surface area contributed by atoms with Gasteiger partial charge in [0.15, 0.2) is 5.76 Å². The third kappa shape index (κ3) is 1.66. The van der Waals surface area contributed by atoms with Gasteiger partial charge in [-0.15, -0.1) is 0 Å². The van der Waals surface area contributed by atoms with E-state index in [1.54, 1.807) is 7.11 Å². The number of ether oxygens (including phenoxy) is 1. The summed E-state index contributed by atoms with van der Waals surface area (Å²) < 4.78 is 10.3. The molecule has 4 nitrogen and oxygen atoms in total. The number of benzene rings is 1. The van der Waals surface area contributed by atoms with Gasteiger partial charge in [-0.2, -0.15) is 0 Å². The highest BCUT2D eigenvalue weighted by Gasteiger charge is 2.11. The minimum atomic E-state index is 0.572. The molecule has 0 radical (unpaired) electrons. The van der Waals surface area contributed by atoms with Gasteiger partial charge < -0.3 is 15.0 Å². The fraction of sp³-hybridized carbons (Fsp3) is 0.182. The molecule has 0 aliphatic heterocycles. The first-order valence-corrected chi connectivity index (χ1v) is 4.58. The molecule has 0 spiro atoms. The molecule has 0 unspecified atom stereocenters. The van der Waals surface area contributed by atoms with Crippen molar-refractivity contribution in [3.05, 3.63) is 30.0 Å². The number of aromatic nitrogens is 1. The maximum atomic E-state index is 5.83. The van der Waals surface area contributed by atoms with Gasteiger partial charge in [0, 0.05) is 5.56 Å². The lowest BCUT2D eigenvalue weighted by Gasteiger charge is -2.01. The molecule has 0 aliphatic carbocycles. The van der Waals surface area contributed by atoms with Crippen LogP contribution in [-0.4, -0.2) is 12.3 Å². The van der Waals surface area contributed by atoms with E-state index in [4.69, 9.17) is 15.0 Å².